The van der Waals surface area contributed by atoms with E-state index in [1.54, 1.807) is 28.4 Å². The fourth-order valence-corrected chi connectivity index (χ4v) is 3.69. The molecule has 1 fully saturated rings. The molecule has 0 saturated heterocycles. The van der Waals surface area contributed by atoms with Gasteiger partial charge in [-0.05, 0) is 48.4 Å². The van der Waals surface area contributed by atoms with E-state index in [2.05, 4.69) is 10.3 Å². The number of ether oxygens (including phenoxy) is 1. The molecule has 1 aliphatic carbocycles. The predicted octanol–water partition coefficient (Wildman–Crippen LogP) is 2.46. The first-order valence-electron chi connectivity index (χ1n) is 8.42. The van der Waals surface area contributed by atoms with Crippen LogP contribution >= 0.6 is 11.3 Å². The fraction of sp³-hybridized carbons (Fsp3) is 0.389. The number of carbonyl (C=O) groups excluding carboxylic acids is 2. The molecule has 6 nitrogen and oxygen atoms in total. The zero-order chi connectivity index (χ0) is 17.2. The number of fused-ring (bicyclic) bond motifs is 1. The van der Waals surface area contributed by atoms with Gasteiger partial charge in [-0.3, -0.25) is 4.79 Å². The Hall–Kier alpha value is -2.41. The van der Waals surface area contributed by atoms with Gasteiger partial charge in [-0.25, -0.2) is 9.78 Å². The summed E-state index contributed by atoms with van der Waals surface area (Å²) in [5.74, 6) is 0.0762. The molecule has 1 N–H and O–H groups in total. The zero-order valence-corrected chi connectivity index (χ0v) is 14.6. The smallest absolute Gasteiger partial charge is 0.340 e. The maximum Gasteiger partial charge on any atom is 0.340 e. The number of anilines is 1. The predicted molar refractivity (Wildman–Crippen MR) is 94.6 cm³/mol. The summed E-state index contributed by atoms with van der Waals surface area (Å²) >= 11 is 1.73. The molecule has 1 amide bonds. The van der Waals surface area contributed by atoms with Crippen molar-refractivity contribution in [2.24, 2.45) is 0 Å². The average molecular weight is 357 g/mol. The second-order valence-corrected chi connectivity index (χ2v) is 7.36. The number of hydrogen-bond acceptors (Lipinski definition) is 6. The van der Waals surface area contributed by atoms with Crippen LogP contribution in [0.3, 0.4) is 0 Å². The Morgan fingerprint density at radius 2 is 2.20 bits per heavy atom. The van der Waals surface area contributed by atoms with Crippen molar-refractivity contribution in [2.45, 2.75) is 31.8 Å². The lowest BCUT2D eigenvalue weighted by atomic mass is 10.1. The van der Waals surface area contributed by atoms with Gasteiger partial charge in [-0.15, -0.1) is 11.3 Å². The van der Waals surface area contributed by atoms with Gasteiger partial charge in [-0.2, -0.15) is 0 Å². The van der Waals surface area contributed by atoms with Gasteiger partial charge in [0.05, 0.1) is 5.56 Å². The minimum Gasteiger partial charge on any atom is -0.452 e. The van der Waals surface area contributed by atoms with E-state index in [-0.39, 0.29) is 12.5 Å². The molecule has 0 unspecified atom stereocenters. The number of amides is 1. The summed E-state index contributed by atoms with van der Waals surface area (Å²) in [7, 11) is 0. The molecular formula is C18H19N3O3S. The highest BCUT2D eigenvalue weighted by Gasteiger charge is 2.23. The van der Waals surface area contributed by atoms with Crippen molar-refractivity contribution < 1.29 is 14.3 Å². The van der Waals surface area contributed by atoms with Gasteiger partial charge < -0.3 is 15.0 Å². The van der Waals surface area contributed by atoms with Crippen molar-refractivity contribution in [1.82, 2.24) is 9.88 Å². The minimum atomic E-state index is -0.521. The summed E-state index contributed by atoms with van der Waals surface area (Å²) in [5, 5.41) is 5.31. The number of hydrogen-bond donors (Lipinski definition) is 1. The molecule has 2 aromatic heterocycles. The first-order chi connectivity index (χ1) is 12.2. The van der Waals surface area contributed by atoms with E-state index in [1.807, 2.05) is 11.4 Å². The molecule has 7 heteroatoms. The first-order valence-corrected chi connectivity index (χ1v) is 9.30. The van der Waals surface area contributed by atoms with Crippen molar-refractivity contribution in [2.75, 3.05) is 18.5 Å². The molecule has 2 aliphatic rings. The summed E-state index contributed by atoms with van der Waals surface area (Å²) in [6, 6.07) is 5.99. The molecule has 25 heavy (non-hydrogen) atoms. The number of pyridine rings is 1. The molecule has 3 heterocycles. The molecule has 1 saturated carbocycles. The summed E-state index contributed by atoms with van der Waals surface area (Å²) < 4.78 is 5.16. The highest BCUT2D eigenvalue weighted by molar-refractivity contribution is 7.10. The molecular weight excluding hydrogens is 338 g/mol. The Morgan fingerprint density at radius 1 is 1.32 bits per heavy atom. The number of rotatable bonds is 5. The Balaban J connectivity index is 1.28. The largest absolute Gasteiger partial charge is 0.452 e. The van der Waals surface area contributed by atoms with Gasteiger partial charge in [-0.1, -0.05) is 0 Å². The second kappa shape index (κ2) is 6.84. The number of thiophene rings is 1. The average Bonchev–Trinajstić information content (AvgIpc) is 3.32. The Bertz CT molecular complexity index is 783. The number of carbonyl (C=O) groups is 2. The zero-order valence-electron chi connectivity index (χ0n) is 13.7. The van der Waals surface area contributed by atoms with E-state index in [9.17, 15) is 9.59 Å². The van der Waals surface area contributed by atoms with Crippen LogP contribution in [0.2, 0.25) is 0 Å². The van der Waals surface area contributed by atoms with Gasteiger partial charge in [0.2, 0.25) is 0 Å². The van der Waals surface area contributed by atoms with Crippen LogP contribution in [0.15, 0.2) is 29.8 Å². The molecule has 0 spiro atoms. The third-order valence-corrected chi connectivity index (χ3v) is 5.44. The number of esters is 1. The van der Waals surface area contributed by atoms with Crippen LogP contribution in [0.4, 0.5) is 5.82 Å². The number of nitrogens with zero attached hydrogens (tertiary/aromatic N) is 2. The van der Waals surface area contributed by atoms with Crippen molar-refractivity contribution in [3.05, 3.63) is 45.8 Å². The maximum absolute atomic E-state index is 12.3. The Morgan fingerprint density at radius 3 is 2.96 bits per heavy atom. The monoisotopic (exact) mass is 357 g/mol. The quantitative estimate of drug-likeness (QED) is 0.833. The van der Waals surface area contributed by atoms with Crippen LogP contribution in [0.5, 0.6) is 0 Å². The van der Waals surface area contributed by atoms with Gasteiger partial charge in [0.1, 0.15) is 5.82 Å². The lowest BCUT2D eigenvalue weighted by Gasteiger charge is -2.26. The maximum atomic E-state index is 12.3. The Labute approximate surface area is 149 Å². The van der Waals surface area contributed by atoms with Crippen LogP contribution in [-0.4, -0.2) is 41.0 Å². The van der Waals surface area contributed by atoms with Crippen LogP contribution in [0.1, 0.15) is 33.6 Å². The fourth-order valence-electron chi connectivity index (χ4n) is 2.80. The van der Waals surface area contributed by atoms with Crippen molar-refractivity contribution in [1.29, 1.82) is 0 Å². The Kier molecular flexibility index (Phi) is 4.40. The third kappa shape index (κ3) is 3.82. The summed E-state index contributed by atoms with van der Waals surface area (Å²) in [5.41, 5.74) is 1.55. The van der Waals surface area contributed by atoms with Crippen molar-refractivity contribution >= 4 is 29.0 Å². The van der Waals surface area contributed by atoms with E-state index < -0.39 is 5.97 Å². The molecule has 130 valence electrons. The van der Waals surface area contributed by atoms with Gasteiger partial charge >= 0.3 is 5.97 Å². The molecule has 0 radical (unpaired) electrons. The normalized spacial score (nSPS) is 16.2. The minimum absolute atomic E-state index is 0.162. The lowest BCUT2D eigenvalue weighted by Crippen LogP contribution is -2.38. The van der Waals surface area contributed by atoms with Gasteiger partial charge in [0.25, 0.3) is 5.91 Å². The number of aromatic nitrogens is 1. The SMILES string of the molecule is O=C(OCC(=O)N1CCc2sccc2C1)c1ccc(NC2CC2)nc1. The molecule has 0 atom stereocenters. The number of nitrogens with one attached hydrogen (secondary N) is 1. The van der Waals surface area contributed by atoms with Crippen LogP contribution in [0.25, 0.3) is 0 Å². The lowest BCUT2D eigenvalue weighted by molar-refractivity contribution is -0.135. The second-order valence-electron chi connectivity index (χ2n) is 6.36. The van der Waals surface area contributed by atoms with Gasteiger partial charge in [0.15, 0.2) is 6.61 Å². The van der Waals surface area contributed by atoms with Crippen molar-refractivity contribution in [3.8, 4) is 0 Å². The third-order valence-electron chi connectivity index (χ3n) is 4.42. The highest BCUT2D eigenvalue weighted by Crippen LogP contribution is 2.24. The highest BCUT2D eigenvalue weighted by atomic mass is 32.1. The van der Waals surface area contributed by atoms with E-state index in [0.717, 1.165) is 25.1 Å². The van der Waals surface area contributed by atoms with Gasteiger partial charge in [0, 0.05) is 30.2 Å². The van der Waals surface area contributed by atoms with E-state index in [1.165, 1.54) is 16.6 Å². The summed E-state index contributed by atoms with van der Waals surface area (Å²) in [6.45, 7) is 1.03. The standard InChI is InChI=1S/C18H19N3O3S/c22-17(21-7-5-15-13(10-21)6-8-25-15)11-24-18(23)12-1-4-16(19-9-12)20-14-2-3-14/h1,4,6,8-9,14H,2-3,5,7,10-11H2,(H,19,20). The molecule has 1 aliphatic heterocycles. The molecule has 4 rings (SSSR count). The first kappa shape index (κ1) is 16.1. The van der Waals surface area contributed by atoms with E-state index in [4.69, 9.17) is 4.74 Å². The van der Waals surface area contributed by atoms with Crippen LogP contribution in [-0.2, 0) is 22.5 Å². The van der Waals surface area contributed by atoms with E-state index >= 15 is 0 Å². The summed E-state index contributed by atoms with van der Waals surface area (Å²) in [6.07, 6.45) is 4.68. The van der Waals surface area contributed by atoms with Crippen molar-refractivity contribution in [3.63, 3.8) is 0 Å². The van der Waals surface area contributed by atoms with E-state index in [0.29, 0.717) is 24.7 Å². The molecule has 0 aromatic carbocycles. The van der Waals surface area contributed by atoms with Crippen LogP contribution in [0, 0.1) is 0 Å². The van der Waals surface area contributed by atoms with Crippen LogP contribution < -0.4 is 5.32 Å². The molecule has 2 aromatic rings. The molecule has 0 bridgehead atoms. The summed E-state index contributed by atoms with van der Waals surface area (Å²) in [4.78, 5) is 31.6. The topological polar surface area (TPSA) is 71.5 Å².